The Kier molecular flexibility index (Phi) is 4.39. The predicted molar refractivity (Wildman–Crippen MR) is 98.8 cm³/mol. The highest BCUT2D eigenvalue weighted by atomic mass is 32.2. The fourth-order valence-corrected chi connectivity index (χ4v) is 3.48. The molecule has 0 N–H and O–H groups in total. The topological polar surface area (TPSA) is 87.0 Å². The molecule has 0 amide bonds. The first-order valence-corrected chi connectivity index (χ1v) is 9.46. The van der Waals surface area contributed by atoms with E-state index < -0.39 is 10.1 Å². The molecule has 0 saturated heterocycles. The summed E-state index contributed by atoms with van der Waals surface area (Å²) in [7, 11) is -3.93. The largest absolute Gasteiger partial charge is 0.379 e. The first kappa shape index (κ1) is 16.9. The number of benzene rings is 3. The van der Waals surface area contributed by atoms with Crippen molar-refractivity contribution in [1.82, 2.24) is 20.2 Å². The van der Waals surface area contributed by atoms with Crippen LogP contribution in [0.2, 0.25) is 0 Å². The molecule has 134 valence electrons. The van der Waals surface area contributed by atoms with Gasteiger partial charge in [-0.1, -0.05) is 42.5 Å². The van der Waals surface area contributed by atoms with Crippen molar-refractivity contribution in [3.63, 3.8) is 0 Å². The zero-order valence-corrected chi connectivity index (χ0v) is 14.8. The van der Waals surface area contributed by atoms with Crippen LogP contribution < -0.4 is 4.18 Å². The molecule has 7 nitrogen and oxygen atoms in total. The first-order valence-electron chi connectivity index (χ1n) is 8.05. The maximum absolute atomic E-state index is 12.5. The highest BCUT2D eigenvalue weighted by Gasteiger charge is 2.17. The molecule has 0 aliphatic rings. The van der Waals surface area contributed by atoms with Crippen molar-refractivity contribution < 1.29 is 12.6 Å². The standard InChI is InChI=1S/C19H14N4O3S/c24-27(25,19-12-6-16(7-13-19)15-4-2-1-3-5-15)26-18-10-8-17(9-11-18)23-14-20-21-22-23/h1-14H. The van der Waals surface area contributed by atoms with E-state index in [1.165, 1.54) is 23.1 Å². The monoisotopic (exact) mass is 378 g/mol. The van der Waals surface area contributed by atoms with E-state index in [9.17, 15) is 8.42 Å². The number of nitrogens with zero attached hydrogens (tertiary/aromatic N) is 4. The van der Waals surface area contributed by atoms with Crippen LogP contribution in [-0.2, 0) is 10.1 Å². The maximum Gasteiger partial charge on any atom is 0.339 e. The molecule has 0 bridgehead atoms. The van der Waals surface area contributed by atoms with Gasteiger partial charge in [-0.05, 0) is 58.0 Å². The van der Waals surface area contributed by atoms with Gasteiger partial charge in [0.2, 0.25) is 0 Å². The van der Waals surface area contributed by atoms with E-state index in [-0.39, 0.29) is 10.6 Å². The van der Waals surface area contributed by atoms with Gasteiger partial charge in [0.15, 0.2) is 0 Å². The van der Waals surface area contributed by atoms with Crippen LogP contribution in [0.1, 0.15) is 0 Å². The lowest BCUT2D eigenvalue weighted by molar-refractivity contribution is 0.486. The normalized spacial score (nSPS) is 11.3. The van der Waals surface area contributed by atoms with E-state index in [0.29, 0.717) is 5.69 Å². The molecule has 1 aromatic heterocycles. The number of rotatable bonds is 5. The van der Waals surface area contributed by atoms with Crippen molar-refractivity contribution in [2.75, 3.05) is 0 Å². The van der Waals surface area contributed by atoms with Gasteiger partial charge >= 0.3 is 10.1 Å². The van der Waals surface area contributed by atoms with Crippen LogP contribution in [0.4, 0.5) is 0 Å². The summed E-state index contributed by atoms with van der Waals surface area (Å²) >= 11 is 0. The average molecular weight is 378 g/mol. The Morgan fingerprint density at radius 1 is 0.778 bits per heavy atom. The highest BCUT2D eigenvalue weighted by Crippen LogP contribution is 2.24. The third kappa shape index (κ3) is 3.70. The fourth-order valence-electron chi connectivity index (χ4n) is 2.55. The van der Waals surface area contributed by atoms with Crippen LogP contribution in [-0.4, -0.2) is 28.6 Å². The van der Waals surface area contributed by atoms with Gasteiger partial charge in [0.1, 0.15) is 17.0 Å². The highest BCUT2D eigenvalue weighted by molar-refractivity contribution is 7.87. The summed E-state index contributed by atoms with van der Waals surface area (Å²) in [6.45, 7) is 0. The summed E-state index contributed by atoms with van der Waals surface area (Å²) in [5.74, 6) is 0.207. The Bertz CT molecular complexity index is 1130. The van der Waals surface area contributed by atoms with E-state index in [2.05, 4.69) is 15.5 Å². The second kappa shape index (κ2) is 7.00. The van der Waals surface area contributed by atoms with E-state index in [0.717, 1.165) is 11.1 Å². The number of hydrogen-bond donors (Lipinski definition) is 0. The van der Waals surface area contributed by atoms with Crippen LogP contribution in [0.15, 0.2) is 90.1 Å². The summed E-state index contributed by atoms with van der Waals surface area (Å²) in [4.78, 5) is 0.0896. The molecule has 0 atom stereocenters. The first-order chi connectivity index (χ1) is 13.1. The van der Waals surface area contributed by atoms with Crippen LogP contribution in [0.3, 0.4) is 0 Å². The van der Waals surface area contributed by atoms with Crippen molar-refractivity contribution in [3.05, 3.63) is 85.2 Å². The van der Waals surface area contributed by atoms with E-state index in [1.54, 1.807) is 36.4 Å². The Balaban J connectivity index is 1.53. The minimum Gasteiger partial charge on any atom is -0.379 e. The van der Waals surface area contributed by atoms with Gasteiger partial charge in [-0.3, -0.25) is 0 Å². The van der Waals surface area contributed by atoms with E-state index in [4.69, 9.17) is 4.18 Å². The number of tetrazole rings is 1. The summed E-state index contributed by atoms with van der Waals surface area (Å²) in [6, 6.07) is 22.7. The number of hydrogen-bond acceptors (Lipinski definition) is 6. The fraction of sp³-hybridized carbons (Fsp3) is 0. The quantitative estimate of drug-likeness (QED) is 0.496. The van der Waals surface area contributed by atoms with Gasteiger partial charge in [0, 0.05) is 0 Å². The van der Waals surface area contributed by atoms with Gasteiger partial charge in [-0.2, -0.15) is 8.42 Å². The third-order valence-corrected chi connectivity index (χ3v) is 5.17. The Morgan fingerprint density at radius 2 is 1.44 bits per heavy atom. The molecule has 8 heteroatoms. The molecule has 4 rings (SSSR count). The molecule has 27 heavy (non-hydrogen) atoms. The molecule has 4 aromatic rings. The summed E-state index contributed by atoms with van der Waals surface area (Å²) in [5, 5.41) is 10.9. The molecule has 0 aliphatic heterocycles. The van der Waals surface area contributed by atoms with Crippen molar-refractivity contribution in [2.45, 2.75) is 4.90 Å². The summed E-state index contributed by atoms with van der Waals surface area (Å²) in [5.41, 5.74) is 2.64. The third-order valence-electron chi connectivity index (χ3n) is 3.91. The lowest BCUT2D eigenvalue weighted by atomic mass is 10.1. The Morgan fingerprint density at radius 3 is 2.07 bits per heavy atom. The van der Waals surface area contributed by atoms with E-state index in [1.807, 2.05) is 30.3 Å². The van der Waals surface area contributed by atoms with Gasteiger partial charge < -0.3 is 4.18 Å². The molecule has 0 radical (unpaired) electrons. The smallest absolute Gasteiger partial charge is 0.339 e. The lowest BCUT2D eigenvalue weighted by Crippen LogP contribution is -2.09. The van der Waals surface area contributed by atoms with Gasteiger partial charge in [0.05, 0.1) is 5.69 Å². The van der Waals surface area contributed by atoms with Crippen LogP contribution in [0, 0.1) is 0 Å². The minimum absolute atomic E-state index is 0.0896. The Hall–Kier alpha value is -3.52. The Labute approximate surface area is 156 Å². The summed E-state index contributed by atoms with van der Waals surface area (Å²) < 4.78 is 31.7. The van der Waals surface area contributed by atoms with Crippen molar-refractivity contribution in [3.8, 4) is 22.6 Å². The zero-order chi connectivity index (χ0) is 18.7. The molecule has 0 fully saturated rings. The molecule has 3 aromatic carbocycles. The van der Waals surface area contributed by atoms with Crippen LogP contribution >= 0.6 is 0 Å². The lowest BCUT2D eigenvalue weighted by Gasteiger charge is -2.08. The second-order valence-corrected chi connectivity index (χ2v) is 7.22. The van der Waals surface area contributed by atoms with E-state index >= 15 is 0 Å². The molecular formula is C19H14N4O3S. The average Bonchev–Trinajstić information content (AvgIpc) is 3.24. The van der Waals surface area contributed by atoms with Crippen molar-refractivity contribution >= 4 is 10.1 Å². The summed E-state index contributed by atoms with van der Waals surface area (Å²) in [6.07, 6.45) is 1.45. The van der Waals surface area contributed by atoms with Crippen molar-refractivity contribution in [2.24, 2.45) is 0 Å². The molecule has 0 saturated carbocycles. The number of aromatic nitrogens is 4. The van der Waals surface area contributed by atoms with Gasteiger partial charge in [0.25, 0.3) is 0 Å². The van der Waals surface area contributed by atoms with Crippen LogP contribution in [0.25, 0.3) is 16.8 Å². The molecule has 0 aliphatic carbocycles. The predicted octanol–water partition coefficient (Wildman–Crippen LogP) is 3.10. The maximum atomic E-state index is 12.5. The molecule has 0 spiro atoms. The second-order valence-electron chi connectivity index (χ2n) is 5.68. The van der Waals surface area contributed by atoms with Crippen molar-refractivity contribution in [1.29, 1.82) is 0 Å². The molecule has 0 unspecified atom stereocenters. The van der Waals surface area contributed by atoms with Gasteiger partial charge in [-0.25, -0.2) is 4.68 Å². The molecular weight excluding hydrogens is 364 g/mol. The van der Waals surface area contributed by atoms with Crippen LogP contribution in [0.5, 0.6) is 5.75 Å². The SMILES string of the molecule is O=S(=O)(Oc1ccc(-n2cnnn2)cc1)c1ccc(-c2ccccc2)cc1. The van der Waals surface area contributed by atoms with Gasteiger partial charge in [-0.15, -0.1) is 5.10 Å². The zero-order valence-electron chi connectivity index (χ0n) is 14.0. The molecule has 1 heterocycles. The minimum atomic E-state index is -3.93.